The van der Waals surface area contributed by atoms with Crippen LogP contribution in [-0.2, 0) is 14.6 Å². The monoisotopic (exact) mass is 457 g/mol. The highest BCUT2D eigenvalue weighted by molar-refractivity contribution is 7.92. The largest absolute Gasteiger partial charge is 0.336 e. The lowest BCUT2D eigenvalue weighted by Crippen LogP contribution is -2.49. The maximum absolute atomic E-state index is 13.3. The molecule has 2 fully saturated rings. The van der Waals surface area contributed by atoms with Crippen LogP contribution in [-0.4, -0.2) is 48.5 Å². The van der Waals surface area contributed by atoms with Crippen LogP contribution in [0.4, 0.5) is 0 Å². The standard InChI is InChI=1S/C22H20ClN3O4S/c23-17-8-4-5-9-19(17)31(29,30)16-12-18(20(27)25-22(14-24)10-11-22)26(13-16)21(28)15-6-2-1-3-7-15/h1-9,16,18H,10-13H2,(H,25,27)/t16-,18+/m1/s1. The summed E-state index contributed by atoms with van der Waals surface area (Å²) < 4.78 is 26.6. The van der Waals surface area contributed by atoms with Crippen molar-refractivity contribution in [1.29, 1.82) is 5.26 Å². The Balaban J connectivity index is 1.66. The summed E-state index contributed by atoms with van der Waals surface area (Å²) in [6.07, 6.45) is 1.01. The SMILES string of the molecule is N#CC1(NC(=O)[C@@H]2C[C@@H](S(=O)(=O)c3ccccc3Cl)CN2C(=O)c2ccccc2)CC1. The Morgan fingerprint density at radius 1 is 1.10 bits per heavy atom. The number of nitriles is 1. The fraction of sp³-hybridized carbons (Fsp3) is 0.318. The molecule has 9 heteroatoms. The molecular formula is C22H20ClN3O4S. The average molecular weight is 458 g/mol. The molecule has 2 aromatic rings. The summed E-state index contributed by atoms with van der Waals surface area (Å²) in [4.78, 5) is 27.4. The molecule has 2 aliphatic rings. The fourth-order valence-corrected chi connectivity index (χ4v) is 6.02. The number of likely N-dealkylation sites (tertiary alicyclic amines) is 1. The molecule has 4 rings (SSSR count). The maximum Gasteiger partial charge on any atom is 0.254 e. The molecule has 2 atom stereocenters. The van der Waals surface area contributed by atoms with Crippen LogP contribution < -0.4 is 5.32 Å². The van der Waals surface area contributed by atoms with Gasteiger partial charge in [-0.15, -0.1) is 0 Å². The molecule has 160 valence electrons. The van der Waals surface area contributed by atoms with Crippen molar-refractivity contribution in [2.45, 2.75) is 41.0 Å². The molecule has 2 amide bonds. The molecule has 1 saturated carbocycles. The van der Waals surface area contributed by atoms with Gasteiger partial charge in [0.2, 0.25) is 5.91 Å². The predicted molar refractivity (Wildman–Crippen MR) is 114 cm³/mol. The van der Waals surface area contributed by atoms with Crippen LogP contribution in [0.5, 0.6) is 0 Å². The van der Waals surface area contributed by atoms with Gasteiger partial charge in [-0.25, -0.2) is 8.42 Å². The van der Waals surface area contributed by atoms with Gasteiger partial charge in [0.25, 0.3) is 5.91 Å². The van der Waals surface area contributed by atoms with Gasteiger partial charge in [0.05, 0.1) is 21.2 Å². The molecule has 1 saturated heterocycles. The van der Waals surface area contributed by atoms with Crippen LogP contribution in [0.1, 0.15) is 29.6 Å². The molecule has 2 aromatic carbocycles. The van der Waals surface area contributed by atoms with E-state index in [1.807, 2.05) is 0 Å². The molecule has 1 N–H and O–H groups in total. The summed E-state index contributed by atoms with van der Waals surface area (Å²) in [5, 5.41) is 11.1. The zero-order valence-electron chi connectivity index (χ0n) is 16.5. The summed E-state index contributed by atoms with van der Waals surface area (Å²) in [5.41, 5.74) is -0.560. The minimum absolute atomic E-state index is 0.0227. The van der Waals surface area contributed by atoms with Gasteiger partial charge < -0.3 is 10.2 Å². The van der Waals surface area contributed by atoms with Crippen molar-refractivity contribution in [3.63, 3.8) is 0 Å². The highest BCUT2D eigenvalue weighted by Crippen LogP contribution is 2.36. The van der Waals surface area contributed by atoms with Gasteiger partial charge in [-0.3, -0.25) is 9.59 Å². The first-order valence-corrected chi connectivity index (χ1v) is 11.8. The molecule has 1 heterocycles. The number of rotatable bonds is 5. The molecule has 0 bridgehead atoms. The van der Waals surface area contributed by atoms with Gasteiger partial charge in [0.15, 0.2) is 9.84 Å². The van der Waals surface area contributed by atoms with Gasteiger partial charge in [0.1, 0.15) is 11.6 Å². The van der Waals surface area contributed by atoms with Gasteiger partial charge in [0, 0.05) is 12.1 Å². The number of carbonyl (C=O) groups excluding carboxylic acids is 2. The number of benzene rings is 2. The number of amides is 2. The zero-order valence-corrected chi connectivity index (χ0v) is 18.1. The Morgan fingerprint density at radius 3 is 2.35 bits per heavy atom. The van der Waals surface area contributed by atoms with Crippen LogP contribution in [0.25, 0.3) is 0 Å². The van der Waals surface area contributed by atoms with Gasteiger partial charge in [-0.2, -0.15) is 5.26 Å². The number of carbonyl (C=O) groups is 2. The number of sulfone groups is 1. The lowest BCUT2D eigenvalue weighted by atomic mass is 10.1. The summed E-state index contributed by atoms with van der Waals surface area (Å²) >= 11 is 6.12. The molecule has 0 unspecified atom stereocenters. The zero-order chi connectivity index (χ0) is 22.2. The van der Waals surface area contributed by atoms with E-state index in [1.165, 1.54) is 17.0 Å². The molecule has 31 heavy (non-hydrogen) atoms. The second-order valence-electron chi connectivity index (χ2n) is 7.86. The quantitative estimate of drug-likeness (QED) is 0.742. The van der Waals surface area contributed by atoms with E-state index in [2.05, 4.69) is 11.4 Å². The number of nitrogens with zero attached hydrogens (tertiary/aromatic N) is 2. The maximum atomic E-state index is 13.3. The first-order valence-electron chi connectivity index (χ1n) is 9.85. The van der Waals surface area contributed by atoms with Crippen molar-refractivity contribution in [3.8, 4) is 6.07 Å². The number of nitrogens with one attached hydrogen (secondary N) is 1. The smallest absolute Gasteiger partial charge is 0.254 e. The Bertz CT molecular complexity index is 1170. The summed E-state index contributed by atoms with van der Waals surface area (Å²) in [6.45, 7) is -0.140. The van der Waals surface area contributed by atoms with Crippen LogP contribution in [0.2, 0.25) is 5.02 Å². The molecule has 0 radical (unpaired) electrons. The van der Waals surface area contributed by atoms with E-state index in [-0.39, 0.29) is 22.9 Å². The third kappa shape index (κ3) is 4.03. The summed E-state index contributed by atoms with van der Waals surface area (Å²) in [5.74, 6) is -0.945. The minimum atomic E-state index is -3.89. The van der Waals surface area contributed by atoms with Gasteiger partial charge in [-0.05, 0) is 43.5 Å². The number of hydrogen-bond donors (Lipinski definition) is 1. The topological polar surface area (TPSA) is 107 Å². The Hall–Kier alpha value is -2.89. The van der Waals surface area contributed by atoms with Crippen molar-refractivity contribution >= 4 is 33.3 Å². The second kappa shape index (κ2) is 7.98. The third-order valence-electron chi connectivity index (χ3n) is 5.76. The number of halogens is 1. The fourth-order valence-electron chi connectivity index (χ4n) is 3.81. The first-order chi connectivity index (χ1) is 14.8. The summed E-state index contributed by atoms with van der Waals surface area (Å²) in [7, 11) is -3.89. The van der Waals surface area contributed by atoms with Crippen molar-refractivity contribution in [2.75, 3.05) is 6.54 Å². The first kappa shape index (κ1) is 21.3. The van der Waals surface area contributed by atoms with E-state index in [4.69, 9.17) is 11.6 Å². The van der Waals surface area contributed by atoms with E-state index in [0.29, 0.717) is 18.4 Å². The number of hydrogen-bond acceptors (Lipinski definition) is 5. The Kier molecular flexibility index (Phi) is 5.50. The van der Waals surface area contributed by atoms with Gasteiger partial charge >= 0.3 is 0 Å². The van der Waals surface area contributed by atoms with Crippen LogP contribution in [0.3, 0.4) is 0 Å². The van der Waals surface area contributed by atoms with Crippen LogP contribution >= 0.6 is 11.6 Å². The molecule has 0 aromatic heterocycles. The predicted octanol–water partition coefficient (Wildman–Crippen LogP) is 2.57. The Labute approximate surface area is 185 Å². The van der Waals surface area contributed by atoms with Crippen molar-refractivity contribution < 1.29 is 18.0 Å². The van der Waals surface area contributed by atoms with Crippen molar-refractivity contribution in [2.24, 2.45) is 0 Å². The average Bonchev–Trinajstić information content (AvgIpc) is 3.39. The van der Waals surface area contributed by atoms with E-state index < -0.39 is 38.5 Å². The summed E-state index contributed by atoms with van der Waals surface area (Å²) in [6, 6.07) is 15.6. The highest BCUT2D eigenvalue weighted by Gasteiger charge is 2.50. The van der Waals surface area contributed by atoms with Crippen LogP contribution in [0.15, 0.2) is 59.5 Å². The molecule has 1 aliphatic carbocycles. The van der Waals surface area contributed by atoms with Crippen LogP contribution in [0, 0.1) is 11.3 Å². The Morgan fingerprint density at radius 2 is 1.74 bits per heavy atom. The normalized spacial score (nSPS) is 21.9. The van der Waals surface area contributed by atoms with E-state index in [0.717, 1.165) is 0 Å². The molecule has 7 nitrogen and oxygen atoms in total. The van der Waals surface area contributed by atoms with E-state index in [9.17, 15) is 23.3 Å². The van der Waals surface area contributed by atoms with Crippen molar-refractivity contribution in [1.82, 2.24) is 10.2 Å². The van der Waals surface area contributed by atoms with E-state index in [1.54, 1.807) is 42.5 Å². The second-order valence-corrected chi connectivity index (χ2v) is 10.5. The van der Waals surface area contributed by atoms with E-state index >= 15 is 0 Å². The molecule has 1 aliphatic heterocycles. The molecular weight excluding hydrogens is 438 g/mol. The lowest BCUT2D eigenvalue weighted by Gasteiger charge is -2.25. The lowest BCUT2D eigenvalue weighted by molar-refractivity contribution is -0.125. The molecule has 0 spiro atoms. The minimum Gasteiger partial charge on any atom is -0.336 e. The van der Waals surface area contributed by atoms with Crippen molar-refractivity contribution in [3.05, 3.63) is 65.2 Å². The van der Waals surface area contributed by atoms with Gasteiger partial charge in [-0.1, -0.05) is 41.9 Å². The third-order valence-corrected chi connectivity index (χ3v) is 8.39. The highest BCUT2D eigenvalue weighted by atomic mass is 35.5.